The van der Waals surface area contributed by atoms with Crippen molar-refractivity contribution >= 4 is 19.8 Å². The minimum Gasteiger partial charge on any atom is -0.462 e. The van der Waals surface area contributed by atoms with Gasteiger partial charge in [-0.05, 0) is 19.8 Å². The maximum Gasteiger partial charge on any atom is 0.472 e. The van der Waals surface area contributed by atoms with Gasteiger partial charge < -0.3 is 14.4 Å². The highest BCUT2D eigenvalue weighted by Gasteiger charge is 2.25. The van der Waals surface area contributed by atoms with E-state index in [-0.39, 0.29) is 32.2 Å². The van der Waals surface area contributed by atoms with Gasteiger partial charge in [0.1, 0.15) is 6.61 Å². The van der Waals surface area contributed by atoms with E-state index in [0.29, 0.717) is 6.42 Å². The normalized spacial score (nSPS) is 13.1. The van der Waals surface area contributed by atoms with Crippen molar-refractivity contribution < 1.29 is 37.6 Å². The van der Waals surface area contributed by atoms with E-state index < -0.39 is 19.9 Å². The van der Waals surface area contributed by atoms with Gasteiger partial charge in [0.15, 0.2) is 6.10 Å². The Labute approximate surface area is 347 Å². The first-order valence-corrected chi connectivity index (χ1v) is 25.8. The molecular formula is C47H93O8P. The van der Waals surface area contributed by atoms with Crippen molar-refractivity contribution in [3.8, 4) is 0 Å². The summed E-state index contributed by atoms with van der Waals surface area (Å²) in [6.07, 6.45) is 45.9. The molecule has 9 heteroatoms. The minimum atomic E-state index is -4.28. The predicted octanol–water partition coefficient (Wildman–Crippen LogP) is 15.5. The Balaban J connectivity index is 3.95. The second-order valence-corrected chi connectivity index (χ2v) is 18.0. The fourth-order valence-corrected chi connectivity index (χ4v) is 8.09. The number of esters is 2. The number of phosphoric acid groups is 1. The molecule has 0 fully saturated rings. The number of rotatable bonds is 46. The Morgan fingerprint density at radius 1 is 0.411 bits per heavy atom. The van der Waals surface area contributed by atoms with Gasteiger partial charge in [-0.15, -0.1) is 0 Å². The predicted molar refractivity (Wildman–Crippen MR) is 235 cm³/mol. The van der Waals surface area contributed by atoms with E-state index in [4.69, 9.17) is 18.5 Å². The van der Waals surface area contributed by atoms with Crippen molar-refractivity contribution in [2.24, 2.45) is 0 Å². The molecule has 0 amide bonds. The first kappa shape index (κ1) is 55.0. The molecule has 0 saturated carbocycles. The highest BCUT2D eigenvalue weighted by atomic mass is 31.2. The summed E-state index contributed by atoms with van der Waals surface area (Å²) in [5, 5.41) is 0. The van der Waals surface area contributed by atoms with Gasteiger partial charge in [-0.1, -0.05) is 232 Å². The number of hydrogen-bond acceptors (Lipinski definition) is 7. The first-order valence-electron chi connectivity index (χ1n) is 24.3. The van der Waals surface area contributed by atoms with Crippen LogP contribution in [0.4, 0.5) is 0 Å². The molecule has 0 rings (SSSR count). The van der Waals surface area contributed by atoms with Gasteiger partial charge in [0.2, 0.25) is 0 Å². The summed E-state index contributed by atoms with van der Waals surface area (Å²) in [5.41, 5.74) is 0. The maximum atomic E-state index is 12.6. The number of carbonyl (C=O) groups is 2. The highest BCUT2D eigenvalue weighted by molar-refractivity contribution is 7.47. The van der Waals surface area contributed by atoms with Gasteiger partial charge in [0.05, 0.1) is 13.2 Å². The number of carbonyl (C=O) groups excluding carboxylic acids is 2. The van der Waals surface area contributed by atoms with E-state index in [2.05, 4.69) is 13.8 Å². The molecule has 8 nitrogen and oxygen atoms in total. The SMILES string of the molecule is CCCCCCCCCCCCCCCCCCCCCC(=O)OC(COC(=O)CCCCCCCCCCCCCCCCCCC)COP(=O)(O)OCC. The second kappa shape index (κ2) is 43.6. The van der Waals surface area contributed by atoms with E-state index in [9.17, 15) is 19.0 Å². The van der Waals surface area contributed by atoms with Gasteiger partial charge in [0.25, 0.3) is 0 Å². The van der Waals surface area contributed by atoms with Gasteiger partial charge in [-0.25, -0.2) is 4.57 Å². The average Bonchev–Trinajstić information content (AvgIpc) is 3.18. The van der Waals surface area contributed by atoms with Crippen LogP contribution < -0.4 is 0 Å². The lowest BCUT2D eigenvalue weighted by atomic mass is 10.0. The zero-order valence-electron chi connectivity index (χ0n) is 37.3. The van der Waals surface area contributed by atoms with Gasteiger partial charge in [0, 0.05) is 12.8 Å². The van der Waals surface area contributed by atoms with Crippen molar-refractivity contribution in [1.29, 1.82) is 0 Å². The quantitative estimate of drug-likeness (QED) is 0.0368. The Morgan fingerprint density at radius 3 is 1.00 bits per heavy atom. The molecule has 0 aliphatic heterocycles. The lowest BCUT2D eigenvalue weighted by Crippen LogP contribution is -2.29. The largest absolute Gasteiger partial charge is 0.472 e. The molecule has 0 aromatic heterocycles. The summed E-state index contributed by atoms with van der Waals surface area (Å²) in [6.45, 7) is 5.54. The topological polar surface area (TPSA) is 108 Å². The molecule has 0 radical (unpaired) electrons. The smallest absolute Gasteiger partial charge is 0.462 e. The van der Waals surface area contributed by atoms with Crippen LogP contribution in [-0.4, -0.2) is 42.8 Å². The molecule has 0 aliphatic carbocycles. The molecule has 0 aromatic carbocycles. The molecule has 0 bridgehead atoms. The van der Waals surface area contributed by atoms with E-state index in [1.165, 1.54) is 193 Å². The first-order chi connectivity index (χ1) is 27.3. The van der Waals surface area contributed by atoms with E-state index in [1.54, 1.807) is 6.92 Å². The second-order valence-electron chi connectivity index (χ2n) is 16.5. The Hall–Kier alpha value is -0.950. The van der Waals surface area contributed by atoms with Crippen molar-refractivity contribution in [3.63, 3.8) is 0 Å². The molecule has 334 valence electrons. The van der Waals surface area contributed by atoms with Crippen LogP contribution in [0.2, 0.25) is 0 Å². The minimum absolute atomic E-state index is 0.00593. The lowest BCUT2D eigenvalue weighted by molar-refractivity contribution is -0.161. The van der Waals surface area contributed by atoms with Crippen LogP contribution in [0.15, 0.2) is 0 Å². The molecule has 56 heavy (non-hydrogen) atoms. The number of phosphoric ester groups is 1. The summed E-state index contributed by atoms with van der Waals surface area (Å²) in [7, 11) is -4.28. The summed E-state index contributed by atoms with van der Waals surface area (Å²) in [5.74, 6) is -0.776. The van der Waals surface area contributed by atoms with Crippen LogP contribution in [0.3, 0.4) is 0 Å². The lowest BCUT2D eigenvalue weighted by Gasteiger charge is -2.19. The molecule has 0 aliphatic rings. The van der Waals surface area contributed by atoms with Crippen molar-refractivity contribution in [2.75, 3.05) is 19.8 Å². The van der Waals surface area contributed by atoms with Crippen LogP contribution in [0.1, 0.15) is 265 Å². The summed E-state index contributed by atoms with van der Waals surface area (Å²) in [6, 6.07) is 0. The van der Waals surface area contributed by atoms with Crippen LogP contribution in [0.25, 0.3) is 0 Å². The monoisotopic (exact) mass is 817 g/mol. The Bertz CT molecular complexity index is 884. The standard InChI is InChI=1S/C47H93O8P/c1-4-7-9-11-13-15-17-19-21-23-24-26-28-30-32-34-36-38-40-42-47(49)55-45(44-54-56(50,51)53-6-3)43-52-46(48)41-39-37-35-33-31-29-27-25-22-20-18-16-14-12-10-8-5-2/h45H,4-44H2,1-3H3,(H,50,51). The fourth-order valence-electron chi connectivity index (χ4n) is 7.34. The van der Waals surface area contributed by atoms with E-state index in [1.807, 2.05) is 0 Å². The number of unbranched alkanes of at least 4 members (excludes halogenated alkanes) is 34. The van der Waals surface area contributed by atoms with Crippen molar-refractivity contribution in [2.45, 2.75) is 271 Å². The summed E-state index contributed by atoms with van der Waals surface area (Å²) >= 11 is 0. The molecule has 2 unspecified atom stereocenters. The molecule has 0 spiro atoms. The van der Waals surface area contributed by atoms with Crippen LogP contribution in [0, 0.1) is 0 Å². The van der Waals surface area contributed by atoms with Crippen molar-refractivity contribution in [1.82, 2.24) is 0 Å². The molecule has 2 atom stereocenters. The van der Waals surface area contributed by atoms with Gasteiger partial charge >= 0.3 is 19.8 Å². The summed E-state index contributed by atoms with van der Waals surface area (Å²) < 4.78 is 32.8. The van der Waals surface area contributed by atoms with Gasteiger partial charge in [-0.2, -0.15) is 0 Å². The average molecular weight is 817 g/mol. The van der Waals surface area contributed by atoms with E-state index >= 15 is 0 Å². The Morgan fingerprint density at radius 2 is 0.696 bits per heavy atom. The van der Waals surface area contributed by atoms with E-state index in [0.717, 1.165) is 38.5 Å². The zero-order valence-corrected chi connectivity index (χ0v) is 38.2. The molecule has 0 heterocycles. The van der Waals surface area contributed by atoms with Crippen LogP contribution >= 0.6 is 7.82 Å². The maximum absolute atomic E-state index is 12.6. The third kappa shape index (κ3) is 42.7. The van der Waals surface area contributed by atoms with Crippen LogP contribution in [-0.2, 0) is 32.7 Å². The van der Waals surface area contributed by atoms with Gasteiger partial charge in [-0.3, -0.25) is 18.6 Å². The zero-order chi connectivity index (χ0) is 41.1. The molecule has 0 saturated heterocycles. The third-order valence-corrected chi connectivity index (χ3v) is 12.0. The summed E-state index contributed by atoms with van der Waals surface area (Å²) in [4.78, 5) is 34.9. The van der Waals surface area contributed by atoms with Crippen LogP contribution in [0.5, 0.6) is 0 Å². The highest BCUT2D eigenvalue weighted by Crippen LogP contribution is 2.43. The Kier molecular flexibility index (Phi) is 42.9. The third-order valence-electron chi connectivity index (χ3n) is 10.9. The molecule has 1 N–H and O–H groups in total. The fraction of sp³-hybridized carbons (Fsp3) is 0.957. The molecular weight excluding hydrogens is 723 g/mol. The molecule has 0 aromatic rings. The number of hydrogen-bond donors (Lipinski definition) is 1. The van der Waals surface area contributed by atoms with Crippen molar-refractivity contribution in [3.05, 3.63) is 0 Å². The number of ether oxygens (including phenoxy) is 2.